The molecule has 0 aromatic rings. The molecule has 0 heterocycles. The normalized spacial score (nSPS) is 14.5. The van der Waals surface area contributed by atoms with Crippen molar-refractivity contribution in [3.8, 4) is 0 Å². The Morgan fingerprint density at radius 3 is 2.00 bits per heavy atom. The van der Waals surface area contributed by atoms with Gasteiger partial charge in [0, 0.05) is 6.61 Å². The van der Waals surface area contributed by atoms with Crippen LogP contribution in [-0.2, 0) is 4.79 Å². The average Bonchev–Trinajstić information content (AvgIpc) is 1.79. The third-order valence-corrected chi connectivity index (χ3v) is 1.76. The Labute approximate surface area is 67.0 Å². The van der Waals surface area contributed by atoms with Crippen LogP contribution in [0, 0.1) is 11.3 Å². The lowest BCUT2D eigenvalue weighted by Gasteiger charge is -2.26. The molecule has 1 unspecified atom stereocenters. The molecule has 0 aliphatic carbocycles. The van der Waals surface area contributed by atoms with Crippen LogP contribution in [-0.4, -0.2) is 22.8 Å². The largest absolute Gasteiger partial charge is 0.481 e. The van der Waals surface area contributed by atoms with Crippen LogP contribution in [0.3, 0.4) is 0 Å². The minimum Gasteiger partial charge on any atom is -0.481 e. The molecule has 0 amide bonds. The highest BCUT2D eigenvalue weighted by Crippen LogP contribution is 2.28. The number of hydrogen-bond acceptors (Lipinski definition) is 2. The first-order valence-corrected chi connectivity index (χ1v) is 3.73. The summed E-state index contributed by atoms with van der Waals surface area (Å²) in [6, 6.07) is 0. The second kappa shape index (κ2) is 3.72. The van der Waals surface area contributed by atoms with Crippen molar-refractivity contribution in [1.29, 1.82) is 0 Å². The molecule has 3 heteroatoms. The molecule has 0 saturated carbocycles. The minimum atomic E-state index is -0.827. The van der Waals surface area contributed by atoms with Crippen LogP contribution in [0.15, 0.2) is 0 Å². The van der Waals surface area contributed by atoms with Crippen molar-refractivity contribution >= 4 is 5.97 Å². The zero-order chi connectivity index (χ0) is 9.07. The Morgan fingerprint density at radius 2 is 1.91 bits per heavy atom. The summed E-state index contributed by atoms with van der Waals surface area (Å²) < 4.78 is 0. The van der Waals surface area contributed by atoms with Gasteiger partial charge in [0.1, 0.15) is 0 Å². The molecule has 0 aromatic carbocycles. The van der Waals surface area contributed by atoms with E-state index >= 15 is 0 Å². The molecule has 66 valence electrons. The van der Waals surface area contributed by atoms with Gasteiger partial charge in [0.15, 0.2) is 0 Å². The third kappa shape index (κ3) is 3.37. The van der Waals surface area contributed by atoms with E-state index in [-0.39, 0.29) is 12.0 Å². The Morgan fingerprint density at radius 1 is 1.45 bits per heavy atom. The van der Waals surface area contributed by atoms with Crippen molar-refractivity contribution in [2.24, 2.45) is 11.3 Å². The monoisotopic (exact) mass is 160 g/mol. The van der Waals surface area contributed by atoms with Gasteiger partial charge in [0.05, 0.1) is 5.92 Å². The number of rotatable bonds is 3. The lowest BCUT2D eigenvalue weighted by atomic mass is 9.79. The van der Waals surface area contributed by atoms with Gasteiger partial charge in [-0.3, -0.25) is 4.79 Å². The van der Waals surface area contributed by atoms with Gasteiger partial charge < -0.3 is 10.2 Å². The van der Waals surface area contributed by atoms with E-state index in [1.165, 1.54) is 0 Å². The summed E-state index contributed by atoms with van der Waals surface area (Å²) in [6.45, 7) is 5.53. The Kier molecular flexibility index (Phi) is 3.52. The summed E-state index contributed by atoms with van der Waals surface area (Å²) in [5.41, 5.74) is -0.269. The standard InChI is InChI=1S/C8H16O3/c1-8(2,3)6(4-5-9)7(10)11/h6,9H,4-5H2,1-3H3,(H,10,11). The van der Waals surface area contributed by atoms with E-state index in [1.54, 1.807) is 0 Å². The smallest absolute Gasteiger partial charge is 0.307 e. The van der Waals surface area contributed by atoms with Crippen molar-refractivity contribution < 1.29 is 15.0 Å². The Balaban J connectivity index is 4.22. The van der Waals surface area contributed by atoms with Gasteiger partial charge in [-0.1, -0.05) is 20.8 Å². The van der Waals surface area contributed by atoms with Gasteiger partial charge in [-0.25, -0.2) is 0 Å². The summed E-state index contributed by atoms with van der Waals surface area (Å²) in [4.78, 5) is 10.6. The maximum Gasteiger partial charge on any atom is 0.307 e. The van der Waals surface area contributed by atoms with Gasteiger partial charge in [-0.15, -0.1) is 0 Å². The third-order valence-electron chi connectivity index (χ3n) is 1.76. The molecule has 0 aliphatic rings. The average molecular weight is 160 g/mol. The molecule has 0 rings (SSSR count). The minimum absolute atomic E-state index is 0.0613. The fraction of sp³-hybridized carbons (Fsp3) is 0.875. The van der Waals surface area contributed by atoms with E-state index in [0.717, 1.165) is 0 Å². The molecular weight excluding hydrogens is 144 g/mol. The Bertz CT molecular complexity index is 135. The molecule has 0 saturated heterocycles. The first-order chi connectivity index (χ1) is 4.89. The van der Waals surface area contributed by atoms with Crippen molar-refractivity contribution in [3.05, 3.63) is 0 Å². The van der Waals surface area contributed by atoms with Crippen molar-refractivity contribution in [2.75, 3.05) is 6.61 Å². The van der Waals surface area contributed by atoms with Crippen molar-refractivity contribution in [2.45, 2.75) is 27.2 Å². The molecule has 3 nitrogen and oxygen atoms in total. The number of hydrogen-bond donors (Lipinski definition) is 2. The summed E-state index contributed by atoms with van der Waals surface area (Å²) in [5, 5.41) is 17.3. The van der Waals surface area contributed by atoms with Gasteiger partial charge in [-0.05, 0) is 11.8 Å². The van der Waals surface area contributed by atoms with E-state index < -0.39 is 11.9 Å². The van der Waals surface area contributed by atoms with Gasteiger partial charge in [0.25, 0.3) is 0 Å². The summed E-state index contributed by atoms with van der Waals surface area (Å²) in [7, 11) is 0. The number of aliphatic hydroxyl groups excluding tert-OH is 1. The van der Waals surface area contributed by atoms with E-state index in [0.29, 0.717) is 6.42 Å². The first kappa shape index (κ1) is 10.4. The molecule has 0 spiro atoms. The number of carbonyl (C=O) groups is 1. The van der Waals surface area contributed by atoms with Gasteiger partial charge in [-0.2, -0.15) is 0 Å². The lowest BCUT2D eigenvalue weighted by Crippen LogP contribution is -2.29. The molecule has 0 radical (unpaired) electrons. The fourth-order valence-electron chi connectivity index (χ4n) is 1.06. The molecule has 0 aliphatic heterocycles. The second-order valence-corrected chi connectivity index (χ2v) is 3.77. The predicted molar refractivity (Wildman–Crippen MR) is 42.3 cm³/mol. The lowest BCUT2D eigenvalue weighted by molar-refractivity contribution is -0.146. The van der Waals surface area contributed by atoms with Crippen LogP contribution in [0.2, 0.25) is 0 Å². The van der Waals surface area contributed by atoms with Gasteiger partial charge in [0.2, 0.25) is 0 Å². The topological polar surface area (TPSA) is 57.5 Å². The van der Waals surface area contributed by atoms with E-state index in [4.69, 9.17) is 10.2 Å². The van der Waals surface area contributed by atoms with Crippen LogP contribution in [0.4, 0.5) is 0 Å². The van der Waals surface area contributed by atoms with Crippen LogP contribution < -0.4 is 0 Å². The summed E-state index contributed by atoms with van der Waals surface area (Å²) in [5.74, 6) is -1.28. The molecule has 11 heavy (non-hydrogen) atoms. The van der Waals surface area contributed by atoms with Gasteiger partial charge >= 0.3 is 5.97 Å². The Hall–Kier alpha value is -0.570. The van der Waals surface area contributed by atoms with Crippen LogP contribution >= 0.6 is 0 Å². The maximum atomic E-state index is 10.6. The SMILES string of the molecule is CC(C)(C)C(CCO)C(=O)O. The summed E-state index contributed by atoms with van der Waals surface area (Å²) in [6.07, 6.45) is 0.332. The highest BCUT2D eigenvalue weighted by atomic mass is 16.4. The van der Waals surface area contributed by atoms with Crippen molar-refractivity contribution in [3.63, 3.8) is 0 Å². The second-order valence-electron chi connectivity index (χ2n) is 3.77. The molecule has 1 atom stereocenters. The van der Waals surface area contributed by atoms with Crippen molar-refractivity contribution in [1.82, 2.24) is 0 Å². The number of carboxylic acids is 1. The number of aliphatic carboxylic acids is 1. The van der Waals surface area contributed by atoms with E-state index in [1.807, 2.05) is 20.8 Å². The predicted octanol–water partition coefficient (Wildman–Crippen LogP) is 1.12. The molecule has 2 N–H and O–H groups in total. The van der Waals surface area contributed by atoms with E-state index in [9.17, 15) is 4.79 Å². The van der Waals surface area contributed by atoms with Crippen LogP contribution in [0.5, 0.6) is 0 Å². The van der Waals surface area contributed by atoms with E-state index in [2.05, 4.69) is 0 Å². The molecule has 0 bridgehead atoms. The maximum absolute atomic E-state index is 10.6. The summed E-state index contributed by atoms with van der Waals surface area (Å²) >= 11 is 0. The quantitative estimate of drug-likeness (QED) is 0.650. The fourth-order valence-corrected chi connectivity index (χ4v) is 1.06. The molecule has 0 aromatic heterocycles. The zero-order valence-electron chi connectivity index (χ0n) is 7.29. The number of carboxylic acid groups (broad SMARTS) is 1. The van der Waals surface area contributed by atoms with Crippen LogP contribution in [0.1, 0.15) is 27.2 Å². The highest BCUT2D eigenvalue weighted by molar-refractivity contribution is 5.70. The molecule has 0 fully saturated rings. The zero-order valence-corrected chi connectivity index (χ0v) is 7.29. The highest BCUT2D eigenvalue weighted by Gasteiger charge is 2.30. The number of aliphatic hydroxyl groups is 1. The first-order valence-electron chi connectivity index (χ1n) is 3.73. The van der Waals surface area contributed by atoms with Crippen LogP contribution in [0.25, 0.3) is 0 Å². The molecular formula is C8H16O3.